The largest absolute Gasteiger partial charge is 0.394 e. The maximum atomic E-state index is 12.3. The number of aliphatic hydroxyl groups excluding tert-OH is 3. The number of carbonyl (C=O) groups excluding carboxylic acids is 1. The second kappa shape index (κ2) is 34.0. The molecule has 0 aromatic heterocycles. The number of carbonyl (C=O) groups is 1. The first kappa shape index (κ1) is 42.1. The first-order chi connectivity index (χ1) is 21.0. The summed E-state index contributed by atoms with van der Waals surface area (Å²) in [5, 5.41) is 32.9. The van der Waals surface area contributed by atoms with Crippen LogP contribution in [0.2, 0.25) is 0 Å². The fourth-order valence-corrected chi connectivity index (χ4v) is 5.87. The molecule has 0 saturated heterocycles. The average Bonchev–Trinajstić information content (AvgIpc) is 3.00. The fourth-order valence-electron chi connectivity index (χ4n) is 5.87. The highest BCUT2D eigenvalue weighted by Crippen LogP contribution is 2.15. The summed E-state index contributed by atoms with van der Waals surface area (Å²) in [4.78, 5) is 12.3. The van der Waals surface area contributed by atoms with Gasteiger partial charge < -0.3 is 20.6 Å². The number of aliphatic hydroxyl groups is 3. The Hall–Kier alpha value is -0.910. The summed E-state index contributed by atoms with van der Waals surface area (Å²) in [6.07, 6.45) is 37.8. The molecule has 0 saturated carbocycles. The molecule has 0 aromatic carbocycles. The van der Waals surface area contributed by atoms with Gasteiger partial charge in [-0.15, -0.1) is 0 Å². The van der Waals surface area contributed by atoms with E-state index in [0.717, 1.165) is 25.7 Å². The van der Waals surface area contributed by atoms with Crippen LogP contribution in [-0.4, -0.2) is 46.1 Å². The lowest BCUT2D eigenvalue weighted by Gasteiger charge is -2.21. The molecule has 0 radical (unpaired) electrons. The quantitative estimate of drug-likeness (QED) is 0.0432. The molecular weight excluding hydrogens is 534 g/mol. The van der Waals surface area contributed by atoms with Crippen LogP contribution in [0.1, 0.15) is 200 Å². The van der Waals surface area contributed by atoms with Gasteiger partial charge in [0.1, 0.15) is 0 Å². The maximum Gasteiger partial charge on any atom is 0.222 e. The smallest absolute Gasteiger partial charge is 0.222 e. The molecule has 0 aromatic rings. The highest BCUT2D eigenvalue weighted by Gasteiger charge is 2.20. The lowest BCUT2D eigenvalue weighted by Crippen LogP contribution is -2.45. The van der Waals surface area contributed by atoms with Crippen LogP contribution in [0.25, 0.3) is 0 Å². The molecule has 0 heterocycles. The van der Waals surface area contributed by atoms with E-state index in [1.165, 1.54) is 148 Å². The maximum absolute atomic E-state index is 12.3. The van der Waals surface area contributed by atoms with Crippen molar-refractivity contribution in [1.29, 1.82) is 0 Å². The van der Waals surface area contributed by atoms with Crippen LogP contribution in [0.15, 0.2) is 12.2 Å². The zero-order valence-electron chi connectivity index (χ0n) is 28.8. The predicted molar refractivity (Wildman–Crippen MR) is 185 cm³/mol. The molecule has 0 fully saturated rings. The van der Waals surface area contributed by atoms with Crippen molar-refractivity contribution in [3.05, 3.63) is 12.2 Å². The van der Waals surface area contributed by atoms with E-state index in [2.05, 4.69) is 19.2 Å². The summed E-state index contributed by atoms with van der Waals surface area (Å²) in [6.45, 7) is 4.18. The zero-order chi connectivity index (χ0) is 31.6. The molecule has 0 bridgehead atoms. The van der Waals surface area contributed by atoms with Crippen molar-refractivity contribution in [2.75, 3.05) is 6.61 Å². The van der Waals surface area contributed by atoms with Crippen molar-refractivity contribution in [2.45, 2.75) is 218 Å². The van der Waals surface area contributed by atoms with Crippen molar-refractivity contribution < 1.29 is 20.1 Å². The summed E-state index contributed by atoms with van der Waals surface area (Å²) < 4.78 is 0. The first-order valence-electron chi connectivity index (χ1n) is 19.0. The van der Waals surface area contributed by atoms with Gasteiger partial charge in [-0.2, -0.15) is 0 Å². The third kappa shape index (κ3) is 30.9. The van der Waals surface area contributed by atoms with Gasteiger partial charge in [0.05, 0.1) is 31.3 Å². The third-order valence-corrected chi connectivity index (χ3v) is 8.82. The van der Waals surface area contributed by atoms with Gasteiger partial charge in [0.25, 0.3) is 0 Å². The molecule has 3 atom stereocenters. The Morgan fingerprint density at radius 1 is 0.581 bits per heavy atom. The minimum absolute atomic E-state index is 0.0166. The van der Waals surface area contributed by atoms with Crippen molar-refractivity contribution in [3.8, 4) is 0 Å². The standard InChI is InChI=1S/C38H75NO4/c1-3-5-7-9-11-13-14-15-16-17-18-19-20-21-22-23-24-26-28-30-32-37(42)36(34-40)39-38(43)33-35(41)31-29-27-25-12-10-8-6-4-2/h30,32,35-37,40-42H,3-29,31,33-34H2,1-2H3,(H,39,43)/b32-30+. The average molecular weight is 610 g/mol. The Labute approximate surface area is 268 Å². The molecule has 0 aliphatic heterocycles. The summed E-state index contributed by atoms with van der Waals surface area (Å²) in [7, 11) is 0. The van der Waals surface area contributed by atoms with Crippen LogP contribution in [0, 0.1) is 0 Å². The fraction of sp³-hybridized carbons (Fsp3) is 0.921. The van der Waals surface area contributed by atoms with Crippen molar-refractivity contribution >= 4 is 5.91 Å². The molecule has 5 nitrogen and oxygen atoms in total. The lowest BCUT2D eigenvalue weighted by molar-refractivity contribution is -0.124. The van der Waals surface area contributed by atoms with E-state index in [-0.39, 0.29) is 18.9 Å². The van der Waals surface area contributed by atoms with Crippen LogP contribution in [0.5, 0.6) is 0 Å². The van der Waals surface area contributed by atoms with E-state index in [9.17, 15) is 20.1 Å². The van der Waals surface area contributed by atoms with Crippen LogP contribution in [0.4, 0.5) is 0 Å². The topological polar surface area (TPSA) is 89.8 Å². The molecule has 256 valence electrons. The summed E-state index contributed by atoms with van der Waals surface area (Å²) >= 11 is 0. The van der Waals surface area contributed by atoms with Gasteiger partial charge in [-0.1, -0.05) is 187 Å². The van der Waals surface area contributed by atoms with Gasteiger partial charge in [-0.3, -0.25) is 4.79 Å². The molecule has 0 rings (SSSR count). The first-order valence-corrected chi connectivity index (χ1v) is 19.0. The Morgan fingerprint density at radius 2 is 0.953 bits per heavy atom. The van der Waals surface area contributed by atoms with Crippen LogP contribution in [-0.2, 0) is 4.79 Å². The SMILES string of the molecule is CCCCCCCCCCCCCCCCCCCC/C=C/C(O)C(CO)NC(=O)CC(O)CCCCCCCCCC. The minimum atomic E-state index is -0.922. The van der Waals surface area contributed by atoms with Gasteiger partial charge in [0, 0.05) is 0 Å². The van der Waals surface area contributed by atoms with Crippen LogP contribution >= 0.6 is 0 Å². The molecule has 3 unspecified atom stereocenters. The highest BCUT2D eigenvalue weighted by atomic mass is 16.3. The summed E-state index contributed by atoms with van der Waals surface area (Å²) in [5.41, 5.74) is 0. The second-order valence-corrected chi connectivity index (χ2v) is 13.2. The second-order valence-electron chi connectivity index (χ2n) is 13.2. The number of hydrogen-bond acceptors (Lipinski definition) is 4. The van der Waals surface area contributed by atoms with Gasteiger partial charge >= 0.3 is 0 Å². The van der Waals surface area contributed by atoms with E-state index in [1.807, 2.05) is 6.08 Å². The number of unbranched alkanes of at least 4 members (excludes halogenated alkanes) is 25. The Bertz CT molecular complexity index is 596. The van der Waals surface area contributed by atoms with Crippen LogP contribution in [0.3, 0.4) is 0 Å². The Balaban J connectivity index is 3.65. The molecule has 5 heteroatoms. The minimum Gasteiger partial charge on any atom is -0.394 e. The van der Waals surface area contributed by atoms with Gasteiger partial charge in [0.2, 0.25) is 5.91 Å². The van der Waals surface area contributed by atoms with E-state index in [0.29, 0.717) is 6.42 Å². The molecule has 0 aliphatic rings. The van der Waals surface area contributed by atoms with E-state index < -0.39 is 18.2 Å². The van der Waals surface area contributed by atoms with Crippen molar-refractivity contribution in [3.63, 3.8) is 0 Å². The van der Waals surface area contributed by atoms with Gasteiger partial charge in [0.15, 0.2) is 0 Å². The van der Waals surface area contributed by atoms with Crippen LogP contribution < -0.4 is 5.32 Å². The monoisotopic (exact) mass is 610 g/mol. The van der Waals surface area contributed by atoms with Gasteiger partial charge in [-0.25, -0.2) is 0 Å². The Kier molecular flexibility index (Phi) is 33.3. The molecular formula is C38H75NO4. The molecule has 0 aliphatic carbocycles. The van der Waals surface area contributed by atoms with Crippen molar-refractivity contribution in [1.82, 2.24) is 5.32 Å². The number of nitrogens with one attached hydrogen (secondary N) is 1. The highest BCUT2D eigenvalue weighted by molar-refractivity contribution is 5.76. The van der Waals surface area contributed by atoms with E-state index in [4.69, 9.17) is 0 Å². The third-order valence-electron chi connectivity index (χ3n) is 8.82. The zero-order valence-corrected chi connectivity index (χ0v) is 28.8. The lowest BCUT2D eigenvalue weighted by atomic mass is 10.0. The normalized spacial score (nSPS) is 13.9. The molecule has 4 N–H and O–H groups in total. The number of allylic oxidation sites excluding steroid dienone is 1. The van der Waals surface area contributed by atoms with E-state index in [1.54, 1.807) is 6.08 Å². The summed E-state index contributed by atoms with van der Waals surface area (Å²) in [5.74, 6) is -0.318. The molecule has 0 spiro atoms. The summed E-state index contributed by atoms with van der Waals surface area (Å²) in [6, 6.07) is -0.737. The number of hydrogen-bond donors (Lipinski definition) is 4. The van der Waals surface area contributed by atoms with Crippen molar-refractivity contribution in [2.24, 2.45) is 0 Å². The molecule has 43 heavy (non-hydrogen) atoms. The van der Waals surface area contributed by atoms with E-state index >= 15 is 0 Å². The number of amides is 1. The van der Waals surface area contributed by atoms with Gasteiger partial charge in [-0.05, 0) is 19.3 Å². The number of rotatable bonds is 34. The molecule has 1 amide bonds. The Morgan fingerprint density at radius 3 is 1.35 bits per heavy atom. The predicted octanol–water partition coefficient (Wildman–Crippen LogP) is 10.1.